The first-order valence-corrected chi connectivity index (χ1v) is 6.88. The molecule has 2 N–H and O–H groups in total. The lowest BCUT2D eigenvalue weighted by Crippen LogP contribution is -2.23. The Labute approximate surface area is 110 Å². The smallest absolute Gasteiger partial charge is 0.119 e. The summed E-state index contributed by atoms with van der Waals surface area (Å²) in [6, 6.07) is 8.39. The normalized spacial score (nSPS) is 12.4. The third kappa shape index (κ3) is 5.07. The van der Waals surface area contributed by atoms with Gasteiger partial charge in [0, 0.05) is 12.6 Å². The van der Waals surface area contributed by atoms with Gasteiger partial charge in [-0.05, 0) is 43.5 Å². The Kier molecular flexibility index (Phi) is 7.46. The second-order valence-corrected chi connectivity index (χ2v) is 4.44. The summed E-state index contributed by atoms with van der Waals surface area (Å²) < 4.78 is 5.56. The van der Waals surface area contributed by atoms with E-state index in [4.69, 9.17) is 9.84 Å². The molecule has 0 aliphatic heterocycles. The third-order valence-corrected chi connectivity index (χ3v) is 2.81. The predicted octanol–water partition coefficient (Wildman–Crippen LogP) is 2.90. The van der Waals surface area contributed by atoms with Gasteiger partial charge in [-0.3, -0.25) is 0 Å². The largest absolute Gasteiger partial charge is 0.494 e. The van der Waals surface area contributed by atoms with Crippen LogP contribution in [0.5, 0.6) is 5.75 Å². The fourth-order valence-electron chi connectivity index (χ4n) is 1.85. The van der Waals surface area contributed by atoms with Crippen molar-refractivity contribution in [3.8, 4) is 5.75 Å². The summed E-state index contributed by atoms with van der Waals surface area (Å²) in [5.74, 6) is 0.916. The molecule has 1 unspecified atom stereocenters. The maximum atomic E-state index is 9.10. The number of aliphatic hydroxyl groups excluding tert-OH is 1. The first-order valence-electron chi connectivity index (χ1n) is 6.88. The lowest BCUT2D eigenvalue weighted by atomic mass is 10.0. The van der Waals surface area contributed by atoms with Crippen molar-refractivity contribution in [3.05, 3.63) is 29.8 Å². The summed E-state index contributed by atoms with van der Waals surface area (Å²) in [5, 5.41) is 12.6. The van der Waals surface area contributed by atoms with Crippen LogP contribution in [0.25, 0.3) is 0 Å². The fourth-order valence-corrected chi connectivity index (χ4v) is 1.85. The van der Waals surface area contributed by atoms with Gasteiger partial charge in [-0.2, -0.15) is 0 Å². The van der Waals surface area contributed by atoms with Crippen LogP contribution in [-0.2, 0) is 0 Å². The number of hydrogen-bond donors (Lipinski definition) is 2. The van der Waals surface area contributed by atoms with Gasteiger partial charge < -0.3 is 15.2 Å². The van der Waals surface area contributed by atoms with Gasteiger partial charge in [-0.15, -0.1) is 0 Å². The second kappa shape index (κ2) is 8.95. The van der Waals surface area contributed by atoms with Crippen LogP contribution in [0.2, 0.25) is 0 Å². The minimum absolute atomic E-state index is 0.204. The standard InChI is InChI=1S/C15H25NO2/c1-3-10-16-15(9-11-17)13-5-7-14(8-6-13)18-12-4-2/h5-8,15-17H,3-4,9-12H2,1-2H3. The van der Waals surface area contributed by atoms with Crippen molar-refractivity contribution in [2.45, 2.75) is 39.2 Å². The van der Waals surface area contributed by atoms with E-state index < -0.39 is 0 Å². The van der Waals surface area contributed by atoms with E-state index >= 15 is 0 Å². The molecular formula is C15H25NO2. The Morgan fingerprint density at radius 2 is 1.89 bits per heavy atom. The second-order valence-electron chi connectivity index (χ2n) is 4.44. The molecule has 0 aromatic heterocycles. The summed E-state index contributed by atoms with van der Waals surface area (Å²) in [4.78, 5) is 0. The Hall–Kier alpha value is -1.06. The maximum Gasteiger partial charge on any atom is 0.119 e. The molecule has 0 fully saturated rings. The van der Waals surface area contributed by atoms with Crippen molar-refractivity contribution < 1.29 is 9.84 Å². The number of hydrogen-bond acceptors (Lipinski definition) is 3. The first kappa shape index (κ1) is 15.0. The van der Waals surface area contributed by atoms with Crippen LogP contribution in [-0.4, -0.2) is 24.9 Å². The quantitative estimate of drug-likeness (QED) is 0.709. The molecule has 1 rings (SSSR count). The molecule has 0 spiro atoms. The Morgan fingerprint density at radius 1 is 1.17 bits per heavy atom. The molecule has 1 aromatic carbocycles. The van der Waals surface area contributed by atoms with Crippen LogP contribution in [0.15, 0.2) is 24.3 Å². The van der Waals surface area contributed by atoms with Crippen molar-refractivity contribution in [3.63, 3.8) is 0 Å². The van der Waals surface area contributed by atoms with E-state index in [0.29, 0.717) is 0 Å². The Bertz CT molecular complexity index is 311. The number of nitrogens with one attached hydrogen (secondary N) is 1. The molecule has 1 aromatic rings. The van der Waals surface area contributed by atoms with Crippen LogP contribution in [0.4, 0.5) is 0 Å². The summed E-state index contributed by atoms with van der Waals surface area (Å²) >= 11 is 0. The van der Waals surface area contributed by atoms with E-state index in [1.807, 2.05) is 12.1 Å². The van der Waals surface area contributed by atoms with Crippen LogP contribution < -0.4 is 10.1 Å². The van der Waals surface area contributed by atoms with E-state index in [0.717, 1.165) is 38.2 Å². The van der Waals surface area contributed by atoms with Gasteiger partial charge in [0.05, 0.1) is 6.61 Å². The summed E-state index contributed by atoms with van der Waals surface area (Å²) in [6.07, 6.45) is 2.86. The van der Waals surface area contributed by atoms with E-state index in [-0.39, 0.29) is 12.6 Å². The molecule has 0 amide bonds. The van der Waals surface area contributed by atoms with Crippen molar-refractivity contribution in [2.75, 3.05) is 19.8 Å². The number of benzene rings is 1. The van der Waals surface area contributed by atoms with Crippen LogP contribution in [0.1, 0.15) is 44.7 Å². The summed E-state index contributed by atoms with van der Waals surface area (Å²) in [7, 11) is 0. The molecular weight excluding hydrogens is 226 g/mol. The van der Waals surface area contributed by atoms with Crippen LogP contribution in [0, 0.1) is 0 Å². The van der Waals surface area contributed by atoms with Gasteiger partial charge in [0.1, 0.15) is 5.75 Å². The summed E-state index contributed by atoms with van der Waals surface area (Å²) in [6.45, 7) is 6.17. The van der Waals surface area contributed by atoms with Crippen molar-refractivity contribution in [2.24, 2.45) is 0 Å². The molecule has 0 bridgehead atoms. The Balaban J connectivity index is 2.61. The van der Waals surface area contributed by atoms with E-state index in [2.05, 4.69) is 31.3 Å². The van der Waals surface area contributed by atoms with E-state index in [9.17, 15) is 0 Å². The number of aliphatic hydroxyl groups is 1. The highest BCUT2D eigenvalue weighted by Crippen LogP contribution is 2.20. The zero-order chi connectivity index (χ0) is 13.2. The third-order valence-electron chi connectivity index (χ3n) is 2.81. The topological polar surface area (TPSA) is 41.5 Å². The van der Waals surface area contributed by atoms with E-state index in [1.54, 1.807) is 0 Å². The highest BCUT2D eigenvalue weighted by Gasteiger charge is 2.09. The van der Waals surface area contributed by atoms with Crippen molar-refractivity contribution in [1.29, 1.82) is 0 Å². The minimum Gasteiger partial charge on any atom is -0.494 e. The zero-order valence-corrected chi connectivity index (χ0v) is 11.5. The SMILES string of the molecule is CCCNC(CCO)c1ccc(OCCC)cc1. The molecule has 0 heterocycles. The number of ether oxygens (including phenoxy) is 1. The highest BCUT2D eigenvalue weighted by molar-refractivity contribution is 5.29. The minimum atomic E-state index is 0.204. The van der Waals surface area contributed by atoms with Gasteiger partial charge in [0.15, 0.2) is 0 Å². The van der Waals surface area contributed by atoms with Gasteiger partial charge in [-0.1, -0.05) is 26.0 Å². The van der Waals surface area contributed by atoms with Gasteiger partial charge >= 0.3 is 0 Å². The lowest BCUT2D eigenvalue weighted by molar-refractivity contribution is 0.265. The highest BCUT2D eigenvalue weighted by atomic mass is 16.5. The molecule has 0 saturated heterocycles. The monoisotopic (exact) mass is 251 g/mol. The molecule has 0 aliphatic rings. The van der Waals surface area contributed by atoms with Crippen molar-refractivity contribution in [1.82, 2.24) is 5.32 Å². The summed E-state index contributed by atoms with van der Waals surface area (Å²) in [5.41, 5.74) is 1.21. The first-order chi connectivity index (χ1) is 8.81. The van der Waals surface area contributed by atoms with Crippen LogP contribution in [0.3, 0.4) is 0 Å². The fraction of sp³-hybridized carbons (Fsp3) is 0.600. The molecule has 102 valence electrons. The molecule has 0 radical (unpaired) electrons. The average molecular weight is 251 g/mol. The molecule has 18 heavy (non-hydrogen) atoms. The van der Waals surface area contributed by atoms with E-state index in [1.165, 1.54) is 5.56 Å². The lowest BCUT2D eigenvalue weighted by Gasteiger charge is -2.18. The number of rotatable bonds is 9. The zero-order valence-electron chi connectivity index (χ0n) is 11.5. The van der Waals surface area contributed by atoms with Crippen molar-refractivity contribution >= 4 is 0 Å². The van der Waals surface area contributed by atoms with Crippen LogP contribution >= 0.6 is 0 Å². The predicted molar refractivity (Wildman–Crippen MR) is 75.0 cm³/mol. The Morgan fingerprint density at radius 3 is 2.44 bits per heavy atom. The molecule has 3 nitrogen and oxygen atoms in total. The average Bonchev–Trinajstić information content (AvgIpc) is 2.42. The molecule has 0 aliphatic carbocycles. The van der Waals surface area contributed by atoms with Gasteiger partial charge in [0.2, 0.25) is 0 Å². The molecule has 0 saturated carbocycles. The maximum absolute atomic E-state index is 9.10. The van der Waals surface area contributed by atoms with Gasteiger partial charge in [-0.25, -0.2) is 0 Å². The molecule has 3 heteroatoms. The van der Waals surface area contributed by atoms with Gasteiger partial charge in [0.25, 0.3) is 0 Å². The molecule has 1 atom stereocenters.